The quantitative estimate of drug-likeness (QED) is 0.578. The molecule has 1 fully saturated rings. The molecule has 11 heavy (non-hydrogen) atoms. The number of hydroxylamine groups is 2. The van der Waals surface area contributed by atoms with Crippen molar-refractivity contribution in [2.24, 2.45) is 0 Å². The lowest BCUT2D eigenvalue weighted by Crippen LogP contribution is -2.30. The van der Waals surface area contributed by atoms with Gasteiger partial charge in [0.1, 0.15) is 0 Å². The van der Waals surface area contributed by atoms with Crippen molar-refractivity contribution in [2.75, 3.05) is 19.7 Å². The second-order valence-electron chi connectivity index (χ2n) is 3.22. The predicted octanol–water partition coefficient (Wildman–Crippen LogP) is 1.98. The molecule has 0 radical (unpaired) electrons. The van der Waals surface area contributed by atoms with E-state index in [0.29, 0.717) is 6.61 Å². The van der Waals surface area contributed by atoms with E-state index in [1.54, 1.807) is 0 Å². The van der Waals surface area contributed by atoms with Crippen molar-refractivity contribution in [2.45, 2.75) is 26.2 Å². The lowest BCUT2D eigenvalue weighted by atomic mass is 10.2. The van der Waals surface area contributed by atoms with Gasteiger partial charge < -0.3 is 0 Å². The van der Waals surface area contributed by atoms with Crippen molar-refractivity contribution in [3.63, 3.8) is 0 Å². The molecule has 0 N–H and O–H groups in total. The first kappa shape index (κ1) is 8.75. The molecule has 0 aliphatic carbocycles. The summed E-state index contributed by atoms with van der Waals surface area (Å²) in [5.41, 5.74) is 1.09. The summed E-state index contributed by atoms with van der Waals surface area (Å²) in [7, 11) is 0. The topological polar surface area (TPSA) is 12.5 Å². The van der Waals surface area contributed by atoms with E-state index >= 15 is 0 Å². The van der Waals surface area contributed by atoms with Gasteiger partial charge in [-0.1, -0.05) is 18.6 Å². The van der Waals surface area contributed by atoms with Gasteiger partial charge in [0.2, 0.25) is 0 Å². The van der Waals surface area contributed by atoms with Crippen LogP contribution in [0.1, 0.15) is 26.2 Å². The second-order valence-corrected chi connectivity index (χ2v) is 3.22. The molecule has 64 valence electrons. The van der Waals surface area contributed by atoms with E-state index in [2.05, 4.69) is 11.6 Å². The molecule has 0 amide bonds. The summed E-state index contributed by atoms with van der Waals surface area (Å²) >= 11 is 0. The third-order valence-electron chi connectivity index (χ3n) is 1.81. The number of nitrogens with zero attached hydrogens (tertiary/aromatic N) is 1. The fourth-order valence-electron chi connectivity index (χ4n) is 1.20. The van der Waals surface area contributed by atoms with E-state index in [9.17, 15) is 0 Å². The van der Waals surface area contributed by atoms with Gasteiger partial charge in [-0.15, -0.1) is 0 Å². The molecule has 0 bridgehead atoms. The van der Waals surface area contributed by atoms with Crippen LogP contribution in [0.4, 0.5) is 0 Å². The minimum absolute atomic E-state index is 0.681. The normalized spacial score (nSPS) is 20.1. The summed E-state index contributed by atoms with van der Waals surface area (Å²) in [6.07, 6.45) is 3.90. The summed E-state index contributed by atoms with van der Waals surface area (Å²) in [4.78, 5) is 5.48. The monoisotopic (exact) mass is 155 g/mol. The van der Waals surface area contributed by atoms with E-state index in [4.69, 9.17) is 4.84 Å². The standard InChI is InChI=1S/C9H17NO/c1-9(2)8-11-10-6-4-3-5-7-10/h1,3-8H2,2H3. The molecule has 0 aromatic carbocycles. The first-order valence-electron chi connectivity index (χ1n) is 4.31. The minimum Gasteiger partial charge on any atom is -0.295 e. The van der Waals surface area contributed by atoms with Crippen molar-refractivity contribution >= 4 is 0 Å². The second kappa shape index (κ2) is 4.52. The van der Waals surface area contributed by atoms with Gasteiger partial charge in [-0.3, -0.25) is 4.84 Å². The fraction of sp³-hybridized carbons (Fsp3) is 0.778. The maximum atomic E-state index is 5.48. The number of hydrogen-bond donors (Lipinski definition) is 0. The minimum atomic E-state index is 0.681. The van der Waals surface area contributed by atoms with E-state index < -0.39 is 0 Å². The van der Waals surface area contributed by atoms with Crippen molar-refractivity contribution in [3.05, 3.63) is 12.2 Å². The fourth-order valence-corrected chi connectivity index (χ4v) is 1.20. The van der Waals surface area contributed by atoms with Crippen molar-refractivity contribution in [3.8, 4) is 0 Å². The molecule has 1 rings (SSSR count). The van der Waals surface area contributed by atoms with Gasteiger partial charge in [0.25, 0.3) is 0 Å². The van der Waals surface area contributed by atoms with E-state index in [-0.39, 0.29) is 0 Å². The van der Waals surface area contributed by atoms with Crippen molar-refractivity contribution in [1.29, 1.82) is 0 Å². The molecule has 2 heteroatoms. The summed E-state index contributed by atoms with van der Waals surface area (Å²) in [5.74, 6) is 0. The molecule has 1 aliphatic rings. The molecule has 0 spiro atoms. The van der Waals surface area contributed by atoms with Gasteiger partial charge >= 0.3 is 0 Å². The molecule has 0 aromatic heterocycles. The van der Waals surface area contributed by atoms with Crippen LogP contribution in [0.5, 0.6) is 0 Å². The highest BCUT2D eigenvalue weighted by atomic mass is 16.7. The average Bonchev–Trinajstić information content (AvgIpc) is 2.03. The van der Waals surface area contributed by atoms with Crippen LogP contribution >= 0.6 is 0 Å². The van der Waals surface area contributed by atoms with Crippen molar-refractivity contribution in [1.82, 2.24) is 5.06 Å². The Bertz CT molecular complexity index is 128. The number of hydrogen-bond acceptors (Lipinski definition) is 2. The molecular weight excluding hydrogens is 138 g/mol. The molecule has 0 unspecified atom stereocenters. The van der Waals surface area contributed by atoms with Crippen LogP contribution in [0.2, 0.25) is 0 Å². The van der Waals surface area contributed by atoms with Crippen LogP contribution in [0.15, 0.2) is 12.2 Å². The Balaban J connectivity index is 2.09. The Labute approximate surface area is 68.8 Å². The first-order valence-corrected chi connectivity index (χ1v) is 4.31. The molecule has 0 saturated carbocycles. The predicted molar refractivity (Wildman–Crippen MR) is 46.2 cm³/mol. The van der Waals surface area contributed by atoms with Gasteiger partial charge in [0.15, 0.2) is 0 Å². The maximum absolute atomic E-state index is 5.48. The van der Waals surface area contributed by atoms with Crippen LogP contribution in [-0.2, 0) is 4.84 Å². The van der Waals surface area contributed by atoms with Crippen molar-refractivity contribution < 1.29 is 4.84 Å². The van der Waals surface area contributed by atoms with Crippen LogP contribution < -0.4 is 0 Å². The highest BCUT2D eigenvalue weighted by Crippen LogP contribution is 2.09. The summed E-state index contributed by atoms with van der Waals surface area (Å²) in [6, 6.07) is 0. The van der Waals surface area contributed by atoms with Crippen LogP contribution in [0, 0.1) is 0 Å². The van der Waals surface area contributed by atoms with Crippen LogP contribution in [0.3, 0.4) is 0 Å². The Hall–Kier alpha value is -0.340. The highest BCUT2D eigenvalue weighted by Gasteiger charge is 2.09. The van der Waals surface area contributed by atoms with Crippen LogP contribution in [-0.4, -0.2) is 24.8 Å². The lowest BCUT2D eigenvalue weighted by molar-refractivity contribution is -0.159. The molecule has 0 aromatic rings. The zero-order chi connectivity index (χ0) is 8.10. The van der Waals surface area contributed by atoms with Gasteiger partial charge in [-0.05, 0) is 19.8 Å². The lowest BCUT2D eigenvalue weighted by Gasteiger charge is -2.25. The smallest absolute Gasteiger partial charge is 0.0890 e. The number of rotatable bonds is 3. The van der Waals surface area contributed by atoms with Gasteiger partial charge in [0.05, 0.1) is 6.61 Å². The maximum Gasteiger partial charge on any atom is 0.0890 e. The number of piperidine rings is 1. The molecule has 1 heterocycles. The van der Waals surface area contributed by atoms with E-state index in [1.165, 1.54) is 19.3 Å². The van der Waals surface area contributed by atoms with E-state index in [1.807, 2.05) is 6.92 Å². The molecule has 0 atom stereocenters. The highest BCUT2D eigenvalue weighted by molar-refractivity contribution is 4.87. The third kappa shape index (κ3) is 3.54. The molecule has 2 nitrogen and oxygen atoms in total. The Kier molecular flexibility index (Phi) is 3.60. The third-order valence-corrected chi connectivity index (χ3v) is 1.81. The molecular formula is C9H17NO. The largest absolute Gasteiger partial charge is 0.295 e. The summed E-state index contributed by atoms with van der Waals surface area (Å²) in [5, 5.41) is 2.05. The summed E-state index contributed by atoms with van der Waals surface area (Å²) in [6.45, 7) is 8.64. The molecule has 1 saturated heterocycles. The van der Waals surface area contributed by atoms with E-state index in [0.717, 1.165) is 18.7 Å². The molecule has 1 aliphatic heterocycles. The zero-order valence-electron chi connectivity index (χ0n) is 7.31. The first-order chi connectivity index (χ1) is 5.29. The Morgan fingerprint density at radius 1 is 1.36 bits per heavy atom. The SMILES string of the molecule is C=C(C)CON1CCCCC1. The summed E-state index contributed by atoms with van der Waals surface area (Å²) < 4.78 is 0. The van der Waals surface area contributed by atoms with Gasteiger partial charge in [-0.25, -0.2) is 0 Å². The van der Waals surface area contributed by atoms with Gasteiger partial charge in [-0.2, -0.15) is 5.06 Å². The van der Waals surface area contributed by atoms with Gasteiger partial charge in [0, 0.05) is 13.1 Å². The average molecular weight is 155 g/mol. The Morgan fingerprint density at radius 2 is 2.00 bits per heavy atom. The Morgan fingerprint density at radius 3 is 2.55 bits per heavy atom. The zero-order valence-corrected chi connectivity index (χ0v) is 7.31. The van der Waals surface area contributed by atoms with Crippen LogP contribution in [0.25, 0.3) is 0 Å².